The average Bonchev–Trinajstić information content (AvgIpc) is 3.39. The van der Waals surface area contributed by atoms with Gasteiger partial charge in [0, 0.05) is 36.5 Å². The molecule has 2 aliphatic heterocycles. The zero-order valence-corrected chi connectivity index (χ0v) is 25.7. The van der Waals surface area contributed by atoms with Crippen molar-refractivity contribution in [1.29, 1.82) is 0 Å². The van der Waals surface area contributed by atoms with Crippen LogP contribution in [0.15, 0.2) is 29.8 Å². The second-order valence-electron chi connectivity index (χ2n) is 15.4. The fourth-order valence-corrected chi connectivity index (χ4v) is 11.5. The van der Waals surface area contributed by atoms with Crippen molar-refractivity contribution in [2.24, 2.45) is 52.3 Å². The molecule has 5 nitrogen and oxygen atoms in total. The molecule has 1 aromatic rings. The van der Waals surface area contributed by atoms with E-state index in [4.69, 9.17) is 14.2 Å². The Morgan fingerprint density at radius 3 is 2.63 bits per heavy atom. The Kier molecular flexibility index (Phi) is 6.71. The van der Waals surface area contributed by atoms with Gasteiger partial charge in [0.15, 0.2) is 0 Å². The minimum atomic E-state index is -0.739. The van der Waals surface area contributed by atoms with Gasteiger partial charge in [-0.25, -0.2) is 0 Å². The molecule has 0 bridgehead atoms. The molecule has 4 saturated carbocycles. The van der Waals surface area contributed by atoms with Crippen molar-refractivity contribution in [1.82, 2.24) is 0 Å². The summed E-state index contributed by atoms with van der Waals surface area (Å²) in [6, 6.07) is 8.33. The molecule has 12 atom stereocenters. The molecule has 7 rings (SSSR count). The Bertz CT molecular complexity index is 1220. The largest absolute Gasteiger partial charge is 0.463 e. The maximum Gasteiger partial charge on any atom is 0.302 e. The molecule has 4 aliphatic carbocycles. The van der Waals surface area contributed by atoms with Crippen LogP contribution >= 0.6 is 0 Å². The number of carbonyl (C=O) groups excluding carboxylic acids is 1. The molecule has 6 aliphatic rings. The molecule has 224 valence electrons. The highest BCUT2D eigenvalue weighted by molar-refractivity contribution is 5.66. The summed E-state index contributed by atoms with van der Waals surface area (Å²) in [5.41, 5.74) is 2.93. The average molecular weight is 563 g/mol. The molecule has 1 aromatic carbocycles. The van der Waals surface area contributed by atoms with E-state index in [0.717, 1.165) is 48.8 Å². The molecule has 1 spiro atoms. The third kappa shape index (κ3) is 4.11. The number of aliphatic hydroxyl groups excluding tert-OH is 1. The van der Waals surface area contributed by atoms with Crippen LogP contribution < -0.4 is 4.74 Å². The Balaban J connectivity index is 1.15. The topological polar surface area (TPSA) is 65.0 Å². The molecular weight excluding hydrogens is 512 g/mol. The van der Waals surface area contributed by atoms with Gasteiger partial charge in [0.1, 0.15) is 11.9 Å². The van der Waals surface area contributed by atoms with E-state index in [-0.39, 0.29) is 42.0 Å². The Labute approximate surface area is 246 Å². The van der Waals surface area contributed by atoms with Crippen LogP contribution in [0.5, 0.6) is 5.75 Å². The van der Waals surface area contributed by atoms with E-state index < -0.39 is 5.79 Å². The van der Waals surface area contributed by atoms with E-state index in [0.29, 0.717) is 23.2 Å². The quantitative estimate of drug-likeness (QED) is 0.387. The van der Waals surface area contributed by atoms with E-state index in [9.17, 15) is 9.90 Å². The van der Waals surface area contributed by atoms with E-state index in [2.05, 4.69) is 58.0 Å². The molecule has 1 saturated heterocycles. The van der Waals surface area contributed by atoms with Gasteiger partial charge in [0.05, 0.1) is 6.10 Å². The monoisotopic (exact) mass is 562 g/mol. The third-order valence-corrected chi connectivity index (χ3v) is 13.3. The van der Waals surface area contributed by atoms with Crippen molar-refractivity contribution in [3.05, 3.63) is 35.4 Å². The van der Waals surface area contributed by atoms with Gasteiger partial charge in [0.2, 0.25) is 5.79 Å². The van der Waals surface area contributed by atoms with Crippen molar-refractivity contribution in [3.63, 3.8) is 0 Å². The number of rotatable bonds is 4. The molecular formula is C36H50O5. The Morgan fingerprint density at radius 1 is 1.07 bits per heavy atom. The van der Waals surface area contributed by atoms with Gasteiger partial charge in [-0.2, -0.15) is 0 Å². The molecule has 1 N–H and O–H groups in total. The zero-order chi connectivity index (χ0) is 28.7. The number of esters is 1. The fraction of sp³-hybridized carbons (Fsp3) is 0.750. The van der Waals surface area contributed by atoms with Crippen LogP contribution in [0.3, 0.4) is 0 Å². The number of benzene rings is 1. The second-order valence-corrected chi connectivity index (χ2v) is 15.4. The van der Waals surface area contributed by atoms with Gasteiger partial charge in [-0.3, -0.25) is 4.79 Å². The van der Waals surface area contributed by atoms with E-state index >= 15 is 0 Å². The molecule has 2 heterocycles. The second kappa shape index (κ2) is 9.84. The Hall–Kier alpha value is -1.85. The molecule has 0 unspecified atom stereocenters. The van der Waals surface area contributed by atoms with Crippen molar-refractivity contribution in [2.45, 2.75) is 110 Å². The predicted molar refractivity (Wildman–Crippen MR) is 159 cm³/mol. The number of carbonyl (C=O) groups is 1. The van der Waals surface area contributed by atoms with Gasteiger partial charge in [-0.1, -0.05) is 45.9 Å². The first-order chi connectivity index (χ1) is 19.6. The predicted octanol–water partition coefficient (Wildman–Crippen LogP) is 7.41. The molecule has 0 amide bonds. The summed E-state index contributed by atoms with van der Waals surface area (Å²) in [5.74, 6) is 3.81. The van der Waals surface area contributed by atoms with Crippen LogP contribution in [0.2, 0.25) is 0 Å². The highest BCUT2D eigenvalue weighted by atomic mass is 16.7. The normalized spacial score (nSPS) is 46.7. The fourth-order valence-electron chi connectivity index (χ4n) is 11.5. The van der Waals surface area contributed by atoms with Crippen LogP contribution in [0.1, 0.15) is 98.0 Å². The SMILES string of the molecule is CC(=O)O[C@H]1CC[C@@]2(C)[C@H](CC[C@@H]3[C@@H]2CC[C@]2(C)[C@@H]4[C@H](C[C@@H]32)O[C@]2(Oc3ccccc3C=C2C[C@H](C)CO)[C@H]4C)C1. The van der Waals surface area contributed by atoms with Crippen molar-refractivity contribution in [2.75, 3.05) is 6.61 Å². The van der Waals surface area contributed by atoms with E-state index in [1.165, 1.54) is 37.7 Å². The summed E-state index contributed by atoms with van der Waals surface area (Å²) in [6.45, 7) is 11.4. The first-order valence-electron chi connectivity index (χ1n) is 16.5. The van der Waals surface area contributed by atoms with Crippen LogP contribution in [0, 0.1) is 52.3 Å². The van der Waals surface area contributed by atoms with Crippen LogP contribution in [-0.4, -0.2) is 35.7 Å². The standard InChI is InChI=1S/C36H50O5/c1-21(20-37)16-26-17-24-8-6-7-9-31(24)40-36(26)22(2)33-32(41-36)19-30-28-11-10-25-18-27(39-23(3)38)12-14-34(25,4)29(28)13-15-35(30,33)5/h6-9,17,21-22,25,27-30,32-33,37H,10-16,18-20H2,1-5H3/t21-,22-,25+,27-,28+,29-,30-,32-,33-,34-,35-,36+/m0/s1. The maximum atomic E-state index is 11.7. The minimum absolute atomic E-state index is 0.115. The summed E-state index contributed by atoms with van der Waals surface area (Å²) >= 11 is 0. The van der Waals surface area contributed by atoms with Crippen LogP contribution in [0.25, 0.3) is 6.08 Å². The molecule has 5 heteroatoms. The van der Waals surface area contributed by atoms with E-state index in [1.807, 2.05) is 0 Å². The summed E-state index contributed by atoms with van der Waals surface area (Å²) in [6.07, 6.45) is 13.0. The maximum absolute atomic E-state index is 11.7. The number of ether oxygens (including phenoxy) is 3. The number of hydrogen-bond acceptors (Lipinski definition) is 5. The molecule has 41 heavy (non-hydrogen) atoms. The van der Waals surface area contributed by atoms with Crippen molar-refractivity contribution in [3.8, 4) is 5.75 Å². The third-order valence-electron chi connectivity index (χ3n) is 13.3. The van der Waals surface area contributed by atoms with Gasteiger partial charge >= 0.3 is 5.97 Å². The van der Waals surface area contributed by atoms with Gasteiger partial charge in [0.25, 0.3) is 0 Å². The lowest BCUT2D eigenvalue weighted by molar-refractivity contribution is -0.178. The summed E-state index contributed by atoms with van der Waals surface area (Å²) < 4.78 is 19.9. The number of hydrogen-bond donors (Lipinski definition) is 1. The molecule has 0 radical (unpaired) electrons. The van der Waals surface area contributed by atoms with Crippen LogP contribution in [-0.2, 0) is 14.3 Å². The Morgan fingerprint density at radius 2 is 1.85 bits per heavy atom. The van der Waals surface area contributed by atoms with E-state index in [1.54, 1.807) is 6.92 Å². The zero-order valence-electron chi connectivity index (χ0n) is 25.7. The van der Waals surface area contributed by atoms with Gasteiger partial charge < -0.3 is 19.3 Å². The molecule has 0 aromatic heterocycles. The summed E-state index contributed by atoms with van der Waals surface area (Å²) in [7, 11) is 0. The lowest BCUT2D eigenvalue weighted by Gasteiger charge is -2.61. The number of aliphatic hydroxyl groups is 1. The smallest absolute Gasteiger partial charge is 0.302 e. The lowest BCUT2D eigenvalue weighted by Crippen LogP contribution is -2.55. The summed E-state index contributed by atoms with van der Waals surface area (Å²) in [5, 5.41) is 9.95. The van der Waals surface area contributed by atoms with Crippen LogP contribution in [0.4, 0.5) is 0 Å². The van der Waals surface area contributed by atoms with Crippen molar-refractivity contribution < 1.29 is 24.1 Å². The number of para-hydroxylation sites is 1. The highest BCUT2D eigenvalue weighted by Crippen LogP contribution is 2.71. The number of fused-ring (bicyclic) bond motifs is 8. The highest BCUT2D eigenvalue weighted by Gasteiger charge is 2.70. The summed E-state index contributed by atoms with van der Waals surface area (Å²) in [4.78, 5) is 11.7. The van der Waals surface area contributed by atoms with Gasteiger partial charge in [-0.15, -0.1) is 0 Å². The first kappa shape index (κ1) is 28.0. The van der Waals surface area contributed by atoms with Gasteiger partial charge in [-0.05, 0) is 110 Å². The van der Waals surface area contributed by atoms with Crippen molar-refractivity contribution >= 4 is 12.0 Å². The lowest BCUT2D eigenvalue weighted by atomic mass is 9.44. The molecule has 5 fully saturated rings. The first-order valence-corrected chi connectivity index (χ1v) is 16.5. The minimum Gasteiger partial charge on any atom is -0.463 e.